The number of carbonyl (C=O) groups is 4. The van der Waals surface area contributed by atoms with Gasteiger partial charge in [0, 0.05) is 25.7 Å². The molecule has 0 aliphatic carbocycles. The molecule has 0 aromatic carbocycles. The number of hydrogen-bond donors (Lipinski definition) is 3. The Balaban J connectivity index is 5.15. The van der Waals surface area contributed by atoms with Crippen LogP contribution in [0, 0.1) is 5.92 Å². The van der Waals surface area contributed by atoms with Gasteiger partial charge in [-0.1, -0.05) is 272 Å². The highest BCUT2D eigenvalue weighted by Gasteiger charge is 2.30. The number of ether oxygens (including phenoxy) is 4. The lowest BCUT2D eigenvalue weighted by Gasteiger charge is -2.21. The zero-order chi connectivity index (χ0) is 61.3. The Labute approximate surface area is 505 Å². The summed E-state index contributed by atoms with van der Waals surface area (Å²) >= 11 is 0. The quantitative estimate of drug-likeness (QED) is 0.0222. The van der Waals surface area contributed by atoms with Crippen molar-refractivity contribution in [2.45, 2.75) is 342 Å². The molecule has 0 aliphatic rings. The molecule has 0 rings (SSSR count). The van der Waals surface area contributed by atoms with Crippen LogP contribution in [-0.2, 0) is 65.4 Å². The summed E-state index contributed by atoms with van der Waals surface area (Å²) in [6, 6.07) is 0. The fourth-order valence-corrected chi connectivity index (χ4v) is 11.1. The maximum absolute atomic E-state index is 13.0. The largest absolute Gasteiger partial charge is 0.472 e. The minimum Gasteiger partial charge on any atom is -0.462 e. The maximum atomic E-state index is 13.0. The Morgan fingerprint density at radius 2 is 0.578 bits per heavy atom. The number of phosphoric ester groups is 2. The van der Waals surface area contributed by atoms with Gasteiger partial charge in [0.1, 0.15) is 19.3 Å². The van der Waals surface area contributed by atoms with E-state index < -0.39 is 97.5 Å². The summed E-state index contributed by atoms with van der Waals surface area (Å²) in [5.41, 5.74) is 0. The first-order valence-electron chi connectivity index (χ1n) is 33.7. The predicted octanol–water partition coefficient (Wildman–Crippen LogP) is 17.8. The fraction of sp³-hybridized carbons (Fsp3) is 0.938. The minimum atomic E-state index is -4.94. The predicted molar refractivity (Wildman–Crippen MR) is 331 cm³/mol. The monoisotopic (exact) mass is 1230 g/mol. The average Bonchev–Trinajstić information content (AvgIpc) is 3.47. The number of hydrogen-bond acceptors (Lipinski definition) is 15. The van der Waals surface area contributed by atoms with Crippen molar-refractivity contribution >= 4 is 39.5 Å². The second-order valence-electron chi connectivity index (χ2n) is 23.4. The van der Waals surface area contributed by atoms with Crippen molar-refractivity contribution in [2.24, 2.45) is 5.92 Å². The van der Waals surface area contributed by atoms with Crippen LogP contribution in [0.5, 0.6) is 0 Å². The molecule has 492 valence electrons. The molecule has 0 aromatic heterocycles. The van der Waals surface area contributed by atoms with Gasteiger partial charge in [0.15, 0.2) is 12.2 Å². The van der Waals surface area contributed by atoms with Crippen LogP contribution >= 0.6 is 15.6 Å². The Kier molecular flexibility index (Phi) is 56.4. The molecule has 3 N–H and O–H groups in total. The second-order valence-corrected chi connectivity index (χ2v) is 26.3. The molecule has 0 aliphatic heterocycles. The summed E-state index contributed by atoms with van der Waals surface area (Å²) in [5, 5.41) is 10.5. The van der Waals surface area contributed by atoms with E-state index in [4.69, 9.17) is 37.0 Å². The van der Waals surface area contributed by atoms with Crippen molar-refractivity contribution in [2.75, 3.05) is 39.6 Å². The first-order valence-corrected chi connectivity index (χ1v) is 36.7. The van der Waals surface area contributed by atoms with Gasteiger partial charge in [0.2, 0.25) is 0 Å². The van der Waals surface area contributed by atoms with E-state index in [2.05, 4.69) is 34.6 Å². The normalized spacial score (nSPS) is 14.6. The highest BCUT2D eigenvalue weighted by molar-refractivity contribution is 7.47. The molecule has 83 heavy (non-hydrogen) atoms. The van der Waals surface area contributed by atoms with Crippen LogP contribution in [-0.4, -0.2) is 96.7 Å². The zero-order valence-corrected chi connectivity index (χ0v) is 55.1. The van der Waals surface area contributed by atoms with Gasteiger partial charge < -0.3 is 33.8 Å². The van der Waals surface area contributed by atoms with Crippen molar-refractivity contribution in [1.82, 2.24) is 0 Å². The van der Waals surface area contributed by atoms with Gasteiger partial charge in [0.05, 0.1) is 26.4 Å². The number of esters is 4. The van der Waals surface area contributed by atoms with Crippen LogP contribution in [0.1, 0.15) is 324 Å². The van der Waals surface area contributed by atoms with Crippen molar-refractivity contribution in [3.05, 3.63) is 0 Å². The zero-order valence-electron chi connectivity index (χ0n) is 53.3. The maximum Gasteiger partial charge on any atom is 0.472 e. The van der Waals surface area contributed by atoms with Gasteiger partial charge >= 0.3 is 39.5 Å². The highest BCUT2D eigenvalue weighted by atomic mass is 31.2. The molecule has 0 saturated heterocycles. The van der Waals surface area contributed by atoms with Gasteiger partial charge in [-0.15, -0.1) is 0 Å². The van der Waals surface area contributed by atoms with E-state index in [0.717, 1.165) is 115 Å². The molecule has 0 amide bonds. The average molecular weight is 1230 g/mol. The molecule has 0 spiro atoms. The molecule has 0 aromatic rings. The van der Waals surface area contributed by atoms with Gasteiger partial charge in [0.25, 0.3) is 0 Å². The Morgan fingerprint density at radius 3 is 0.855 bits per heavy atom. The van der Waals surface area contributed by atoms with Crippen LogP contribution in [0.4, 0.5) is 0 Å². The number of unbranched alkanes of at least 4 members (excludes halogenated alkanes) is 35. The van der Waals surface area contributed by atoms with E-state index in [1.54, 1.807) is 0 Å². The number of aliphatic hydroxyl groups is 1. The summed E-state index contributed by atoms with van der Waals surface area (Å²) < 4.78 is 67.8. The van der Waals surface area contributed by atoms with E-state index in [-0.39, 0.29) is 25.7 Å². The molecule has 0 radical (unpaired) electrons. The molecule has 6 atom stereocenters. The standard InChI is InChI=1S/C64H124O17P2/c1-6-10-13-16-19-21-29-34-38-43-48-62(67)75-54-60(81-64(69)50-45-40-35-30-27-25-23-22-24-26-28-32-36-41-46-57(5)9-4)56-79-83(72,73)77-52-58(65)51-76-82(70,71)78-55-59(53-74-61(66)47-42-37-31-18-15-12-8-3)80-63(68)49-44-39-33-20-17-14-11-7-2/h57-60,65H,6-56H2,1-5H3,(H,70,71)(H,72,73)/t57?,58-,59+,60+/m0/s1. The Hall–Kier alpha value is -1.94. The van der Waals surface area contributed by atoms with Crippen molar-refractivity contribution in [3.8, 4) is 0 Å². The number of phosphoric acid groups is 2. The number of aliphatic hydroxyl groups excluding tert-OH is 1. The smallest absolute Gasteiger partial charge is 0.462 e. The van der Waals surface area contributed by atoms with Crippen molar-refractivity contribution in [1.29, 1.82) is 0 Å². The van der Waals surface area contributed by atoms with Crippen molar-refractivity contribution < 1.29 is 80.2 Å². The highest BCUT2D eigenvalue weighted by Crippen LogP contribution is 2.45. The van der Waals surface area contributed by atoms with Crippen LogP contribution in [0.15, 0.2) is 0 Å². The van der Waals surface area contributed by atoms with Crippen LogP contribution in [0.25, 0.3) is 0 Å². The lowest BCUT2D eigenvalue weighted by atomic mass is 9.99. The van der Waals surface area contributed by atoms with Gasteiger partial charge in [-0.05, 0) is 31.6 Å². The fourth-order valence-electron chi connectivity index (χ4n) is 9.55. The van der Waals surface area contributed by atoms with E-state index in [0.29, 0.717) is 25.7 Å². The lowest BCUT2D eigenvalue weighted by molar-refractivity contribution is -0.161. The summed E-state index contributed by atoms with van der Waals surface area (Å²) in [6.07, 6.45) is 41.8. The summed E-state index contributed by atoms with van der Waals surface area (Å²) in [5.74, 6) is -1.29. The molecule has 0 bridgehead atoms. The first kappa shape index (κ1) is 81.1. The van der Waals surface area contributed by atoms with Crippen LogP contribution in [0.3, 0.4) is 0 Å². The second kappa shape index (κ2) is 57.8. The number of carbonyl (C=O) groups excluding carboxylic acids is 4. The summed E-state index contributed by atoms with van der Waals surface area (Å²) in [6.45, 7) is 7.17. The third-order valence-electron chi connectivity index (χ3n) is 15.1. The summed E-state index contributed by atoms with van der Waals surface area (Å²) in [4.78, 5) is 72.0. The molecule has 0 heterocycles. The third-order valence-corrected chi connectivity index (χ3v) is 17.0. The molecule has 19 heteroatoms. The van der Waals surface area contributed by atoms with Gasteiger partial charge in [-0.2, -0.15) is 0 Å². The van der Waals surface area contributed by atoms with Gasteiger partial charge in [-0.3, -0.25) is 37.3 Å². The summed E-state index contributed by atoms with van der Waals surface area (Å²) in [7, 11) is -9.88. The van der Waals surface area contributed by atoms with Crippen molar-refractivity contribution in [3.63, 3.8) is 0 Å². The SMILES string of the molecule is CCCCCCCCCCCCC(=O)OC[C@H](COP(=O)(O)OC[C@@H](O)COP(=O)(O)OC[C@@H](COC(=O)CCCCCCCCC)OC(=O)CCCCCCCCCC)OC(=O)CCCCCCCCCCCCCCCCC(C)CC. The van der Waals surface area contributed by atoms with E-state index in [9.17, 15) is 43.2 Å². The van der Waals surface area contributed by atoms with Crippen LogP contribution in [0.2, 0.25) is 0 Å². The molecule has 17 nitrogen and oxygen atoms in total. The van der Waals surface area contributed by atoms with E-state index >= 15 is 0 Å². The minimum absolute atomic E-state index is 0.105. The van der Waals surface area contributed by atoms with Gasteiger partial charge in [-0.25, -0.2) is 9.13 Å². The van der Waals surface area contributed by atoms with E-state index in [1.807, 2.05) is 0 Å². The van der Waals surface area contributed by atoms with Crippen LogP contribution < -0.4 is 0 Å². The molecule has 0 saturated carbocycles. The lowest BCUT2D eigenvalue weighted by Crippen LogP contribution is -2.30. The molecule has 0 fully saturated rings. The number of rotatable bonds is 64. The third kappa shape index (κ3) is 57.6. The molecular formula is C64H124O17P2. The first-order chi connectivity index (χ1) is 40.1. The Morgan fingerprint density at radius 1 is 0.337 bits per heavy atom. The topological polar surface area (TPSA) is 237 Å². The van der Waals surface area contributed by atoms with E-state index in [1.165, 1.54) is 128 Å². The molecular weight excluding hydrogens is 1100 g/mol. The molecule has 3 unspecified atom stereocenters. The Bertz CT molecular complexity index is 1620.